The first-order chi connectivity index (χ1) is 8.11. The van der Waals surface area contributed by atoms with Gasteiger partial charge in [0.1, 0.15) is 11.0 Å². The summed E-state index contributed by atoms with van der Waals surface area (Å²) in [6, 6.07) is 3.84. The van der Waals surface area contributed by atoms with Crippen LogP contribution < -0.4 is 0 Å². The highest BCUT2D eigenvalue weighted by molar-refractivity contribution is 7.19. The van der Waals surface area contributed by atoms with Crippen molar-refractivity contribution in [3.8, 4) is 10.6 Å². The van der Waals surface area contributed by atoms with E-state index in [1.807, 2.05) is 19.1 Å². The zero-order valence-corrected chi connectivity index (χ0v) is 12.0. The molecular weight excluding hydrogens is 275 g/mol. The molecule has 0 unspecified atom stereocenters. The Kier molecular flexibility index (Phi) is 4.02. The molecule has 0 fully saturated rings. The molecule has 0 radical (unpaired) electrons. The Hall–Kier alpha value is -0.640. The van der Waals surface area contributed by atoms with Crippen LogP contribution in [-0.4, -0.2) is 9.97 Å². The summed E-state index contributed by atoms with van der Waals surface area (Å²) < 4.78 is 0.756. The van der Waals surface area contributed by atoms with Crippen molar-refractivity contribution in [3.63, 3.8) is 0 Å². The van der Waals surface area contributed by atoms with E-state index in [2.05, 4.69) is 16.9 Å². The molecule has 2 aromatic rings. The Morgan fingerprint density at radius 2 is 2.00 bits per heavy atom. The monoisotopic (exact) mass is 286 g/mol. The van der Waals surface area contributed by atoms with Gasteiger partial charge in [0.15, 0.2) is 0 Å². The number of rotatable bonds is 3. The second kappa shape index (κ2) is 5.34. The standard InChI is InChI=1S/C12H12Cl2N2S/c1-3-4-10-15-11(7(2)12(14)16-10)8-5-6-9(13)17-8/h5-6H,3-4H2,1-2H3. The van der Waals surface area contributed by atoms with Gasteiger partial charge in [-0.3, -0.25) is 0 Å². The van der Waals surface area contributed by atoms with Crippen LogP contribution in [0.1, 0.15) is 24.7 Å². The molecule has 2 nitrogen and oxygen atoms in total. The van der Waals surface area contributed by atoms with Crippen molar-refractivity contribution in [3.05, 3.63) is 33.0 Å². The third kappa shape index (κ3) is 2.79. The Labute approximate surface area is 115 Å². The number of hydrogen-bond donors (Lipinski definition) is 0. The van der Waals surface area contributed by atoms with Crippen molar-refractivity contribution < 1.29 is 0 Å². The van der Waals surface area contributed by atoms with Gasteiger partial charge in [0.2, 0.25) is 0 Å². The predicted molar refractivity (Wildman–Crippen MR) is 74.1 cm³/mol. The summed E-state index contributed by atoms with van der Waals surface area (Å²) >= 11 is 13.6. The minimum Gasteiger partial charge on any atom is -0.232 e. The van der Waals surface area contributed by atoms with Crippen LogP contribution in [0.5, 0.6) is 0 Å². The van der Waals surface area contributed by atoms with Crippen molar-refractivity contribution >= 4 is 34.5 Å². The highest BCUT2D eigenvalue weighted by Gasteiger charge is 2.12. The zero-order valence-electron chi connectivity index (χ0n) is 9.63. The molecule has 0 N–H and O–H groups in total. The number of aryl methyl sites for hydroxylation is 1. The Bertz CT molecular complexity index is 537. The van der Waals surface area contributed by atoms with Crippen molar-refractivity contribution in [1.82, 2.24) is 9.97 Å². The first kappa shape index (κ1) is 12.8. The van der Waals surface area contributed by atoms with E-state index in [1.165, 1.54) is 11.3 Å². The van der Waals surface area contributed by atoms with Gasteiger partial charge in [0.05, 0.1) is 14.9 Å². The molecule has 0 aromatic carbocycles. The summed E-state index contributed by atoms with van der Waals surface area (Å²) in [5.41, 5.74) is 1.80. The second-order valence-corrected chi connectivity index (χ2v) is 5.83. The normalized spacial score (nSPS) is 10.8. The van der Waals surface area contributed by atoms with Crippen LogP contribution in [0.4, 0.5) is 0 Å². The maximum atomic E-state index is 6.13. The summed E-state index contributed by atoms with van der Waals surface area (Å²) in [6.45, 7) is 4.03. The molecular formula is C12H12Cl2N2S. The molecule has 0 saturated carbocycles. The molecule has 0 aliphatic heterocycles. The fraction of sp³-hybridized carbons (Fsp3) is 0.333. The maximum absolute atomic E-state index is 6.13. The Balaban J connectivity index is 2.52. The molecule has 0 bridgehead atoms. The molecule has 0 saturated heterocycles. The lowest BCUT2D eigenvalue weighted by Gasteiger charge is -2.07. The van der Waals surface area contributed by atoms with Crippen molar-refractivity contribution in [2.45, 2.75) is 26.7 Å². The summed E-state index contributed by atoms with van der Waals surface area (Å²) in [7, 11) is 0. The van der Waals surface area contributed by atoms with Gasteiger partial charge in [0.25, 0.3) is 0 Å². The Morgan fingerprint density at radius 3 is 2.59 bits per heavy atom. The Morgan fingerprint density at radius 1 is 1.24 bits per heavy atom. The summed E-state index contributed by atoms with van der Waals surface area (Å²) in [5, 5.41) is 0.531. The number of halogens is 2. The van der Waals surface area contributed by atoms with Crippen LogP contribution in [-0.2, 0) is 6.42 Å². The van der Waals surface area contributed by atoms with E-state index in [9.17, 15) is 0 Å². The average molecular weight is 287 g/mol. The highest BCUT2D eigenvalue weighted by Crippen LogP contribution is 2.33. The molecule has 0 aliphatic carbocycles. The number of nitrogens with zero attached hydrogens (tertiary/aromatic N) is 2. The van der Waals surface area contributed by atoms with Crippen LogP contribution in [0, 0.1) is 6.92 Å². The van der Waals surface area contributed by atoms with Crippen LogP contribution in [0.25, 0.3) is 10.6 Å². The van der Waals surface area contributed by atoms with Gasteiger partial charge in [-0.2, -0.15) is 0 Å². The van der Waals surface area contributed by atoms with E-state index >= 15 is 0 Å². The van der Waals surface area contributed by atoms with E-state index in [0.29, 0.717) is 5.15 Å². The maximum Gasteiger partial charge on any atom is 0.136 e. The molecule has 0 amide bonds. The van der Waals surface area contributed by atoms with Gasteiger partial charge < -0.3 is 0 Å². The van der Waals surface area contributed by atoms with Crippen LogP contribution in [0.15, 0.2) is 12.1 Å². The van der Waals surface area contributed by atoms with E-state index in [1.54, 1.807) is 0 Å². The topological polar surface area (TPSA) is 25.8 Å². The van der Waals surface area contributed by atoms with Crippen LogP contribution in [0.2, 0.25) is 9.49 Å². The third-order valence-corrected chi connectivity index (χ3v) is 4.02. The molecule has 0 spiro atoms. The highest BCUT2D eigenvalue weighted by atomic mass is 35.5. The number of hydrogen-bond acceptors (Lipinski definition) is 3. The SMILES string of the molecule is CCCc1nc(Cl)c(C)c(-c2ccc(Cl)s2)n1. The fourth-order valence-corrected chi connectivity index (χ4v) is 2.83. The van der Waals surface area contributed by atoms with Gasteiger partial charge in [-0.25, -0.2) is 9.97 Å². The lowest BCUT2D eigenvalue weighted by molar-refractivity contribution is 0.833. The molecule has 90 valence electrons. The molecule has 2 aromatic heterocycles. The van der Waals surface area contributed by atoms with Crippen molar-refractivity contribution in [2.24, 2.45) is 0 Å². The van der Waals surface area contributed by atoms with E-state index < -0.39 is 0 Å². The minimum absolute atomic E-state index is 0.531. The van der Waals surface area contributed by atoms with Crippen LogP contribution >= 0.6 is 34.5 Å². The van der Waals surface area contributed by atoms with Gasteiger partial charge in [-0.1, -0.05) is 30.1 Å². The van der Waals surface area contributed by atoms with E-state index in [4.69, 9.17) is 23.2 Å². The van der Waals surface area contributed by atoms with Crippen LogP contribution in [0.3, 0.4) is 0 Å². The molecule has 2 rings (SSSR count). The smallest absolute Gasteiger partial charge is 0.136 e. The van der Waals surface area contributed by atoms with Gasteiger partial charge >= 0.3 is 0 Å². The lowest BCUT2D eigenvalue weighted by Crippen LogP contribution is -1.99. The fourth-order valence-electron chi connectivity index (χ4n) is 1.55. The van der Waals surface area contributed by atoms with E-state index in [-0.39, 0.29) is 0 Å². The molecule has 0 atom stereocenters. The van der Waals surface area contributed by atoms with Gasteiger partial charge in [-0.15, -0.1) is 11.3 Å². The number of thiophene rings is 1. The summed E-state index contributed by atoms with van der Waals surface area (Å²) in [5.74, 6) is 0.794. The second-order valence-electron chi connectivity index (χ2n) is 3.76. The zero-order chi connectivity index (χ0) is 12.4. The quantitative estimate of drug-likeness (QED) is 0.760. The first-order valence-electron chi connectivity index (χ1n) is 5.40. The van der Waals surface area contributed by atoms with Crippen molar-refractivity contribution in [2.75, 3.05) is 0 Å². The average Bonchev–Trinajstić information content (AvgIpc) is 2.70. The molecule has 2 heterocycles. The third-order valence-electron chi connectivity index (χ3n) is 2.41. The molecule has 5 heteroatoms. The van der Waals surface area contributed by atoms with Crippen molar-refractivity contribution in [1.29, 1.82) is 0 Å². The predicted octanol–water partition coefficient (Wildman–Crippen LogP) is 4.77. The summed E-state index contributed by atoms with van der Waals surface area (Å²) in [6.07, 6.45) is 1.84. The lowest BCUT2D eigenvalue weighted by atomic mass is 10.2. The summed E-state index contributed by atoms with van der Waals surface area (Å²) in [4.78, 5) is 9.88. The van der Waals surface area contributed by atoms with E-state index in [0.717, 1.165) is 39.1 Å². The van der Waals surface area contributed by atoms with Gasteiger partial charge in [-0.05, 0) is 25.5 Å². The van der Waals surface area contributed by atoms with Gasteiger partial charge in [0, 0.05) is 12.0 Å². The first-order valence-corrected chi connectivity index (χ1v) is 6.97. The number of aromatic nitrogens is 2. The minimum atomic E-state index is 0.531. The molecule has 0 aliphatic rings. The largest absolute Gasteiger partial charge is 0.232 e. The molecule has 17 heavy (non-hydrogen) atoms.